The second-order valence-electron chi connectivity index (χ2n) is 9.59. The van der Waals surface area contributed by atoms with Crippen molar-refractivity contribution in [2.75, 3.05) is 23.5 Å². The highest BCUT2D eigenvalue weighted by Crippen LogP contribution is 2.28. The molecule has 13 heteroatoms. The third-order valence-electron chi connectivity index (χ3n) is 5.01. The fourth-order valence-corrected chi connectivity index (χ4v) is 3.31. The summed E-state index contributed by atoms with van der Waals surface area (Å²) in [5.41, 5.74) is 6.72. The molecule has 0 aliphatic rings. The number of hydrogen-bond donors (Lipinski definition) is 3. The van der Waals surface area contributed by atoms with Gasteiger partial charge in [0, 0.05) is 0 Å². The van der Waals surface area contributed by atoms with Crippen LogP contribution in [0.5, 0.6) is 17.6 Å². The van der Waals surface area contributed by atoms with Crippen LogP contribution in [0.25, 0.3) is 0 Å². The van der Waals surface area contributed by atoms with E-state index < -0.39 is 17.8 Å². The molecule has 4 N–H and O–H groups in total. The quantitative estimate of drug-likeness (QED) is 0.285. The van der Waals surface area contributed by atoms with E-state index in [1.807, 2.05) is 13.8 Å². The van der Waals surface area contributed by atoms with Gasteiger partial charge in [-0.1, -0.05) is 0 Å². The first-order chi connectivity index (χ1) is 19.4. The summed E-state index contributed by atoms with van der Waals surface area (Å²) in [7, 11) is 1.24. The number of pyridine rings is 3. The number of nitrogens with zero attached hydrogens (tertiary/aromatic N) is 3. The van der Waals surface area contributed by atoms with Gasteiger partial charge in [0.1, 0.15) is 22.8 Å². The van der Waals surface area contributed by atoms with Gasteiger partial charge in [0.05, 0.1) is 31.1 Å². The van der Waals surface area contributed by atoms with E-state index in [-0.39, 0.29) is 64.4 Å². The van der Waals surface area contributed by atoms with Gasteiger partial charge >= 0.3 is 5.97 Å². The predicted octanol–water partition coefficient (Wildman–Crippen LogP) is 4.11. The van der Waals surface area contributed by atoms with E-state index in [9.17, 15) is 14.4 Å². The SMILES string of the molecule is COC(=O)c1ccc(NC(=O)c2ccc(NC(=O)c3ccc(N)c(OC(C)C)n3)c(OC(C)C)n2)c(OC(C)C)n1. The molecule has 3 aromatic heterocycles. The van der Waals surface area contributed by atoms with Gasteiger partial charge in [0.25, 0.3) is 11.8 Å². The van der Waals surface area contributed by atoms with E-state index in [2.05, 4.69) is 25.6 Å². The van der Waals surface area contributed by atoms with E-state index in [4.69, 9.17) is 24.7 Å². The van der Waals surface area contributed by atoms with Gasteiger partial charge in [0.2, 0.25) is 17.6 Å². The number of rotatable bonds is 11. The molecule has 0 aliphatic heterocycles. The third kappa shape index (κ3) is 8.27. The largest absolute Gasteiger partial charge is 0.473 e. The minimum absolute atomic E-state index is 0.00980. The van der Waals surface area contributed by atoms with Crippen molar-refractivity contribution >= 4 is 34.8 Å². The number of hydrogen-bond acceptors (Lipinski definition) is 11. The van der Waals surface area contributed by atoms with Crippen LogP contribution in [0.4, 0.5) is 17.1 Å². The highest BCUT2D eigenvalue weighted by atomic mass is 16.5. The summed E-state index contributed by atoms with van der Waals surface area (Å²) < 4.78 is 21.8. The molecule has 3 heterocycles. The van der Waals surface area contributed by atoms with Gasteiger partial charge in [-0.05, 0) is 77.9 Å². The zero-order valence-corrected chi connectivity index (χ0v) is 24.0. The fourth-order valence-electron chi connectivity index (χ4n) is 3.31. The predicted molar refractivity (Wildman–Crippen MR) is 152 cm³/mol. The Morgan fingerprint density at radius 3 is 1.49 bits per heavy atom. The van der Waals surface area contributed by atoms with Crippen LogP contribution >= 0.6 is 0 Å². The number of carbonyl (C=O) groups is 3. The molecule has 3 rings (SSSR count). The topological polar surface area (TPSA) is 177 Å². The minimum atomic E-state index is -0.649. The van der Waals surface area contributed by atoms with Crippen LogP contribution in [0, 0.1) is 0 Å². The number of nitrogens with one attached hydrogen (secondary N) is 2. The van der Waals surface area contributed by atoms with E-state index in [0.29, 0.717) is 5.69 Å². The lowest BCUT2D eigenvalue weighted by atomic mass is 10.2. The summed E-state index contributed by atoms with van der Waals surface area (Å²) in [6.07, 6.45) is -0.799. The van der Waals surface area contributed by atoms with Gasteiger partial charge in [-0.3, -0.25) is 9.59 Å². The van der Waals surface area contributed by atoms with Gasteiger partial charge in [0.15, 0.2) is 5.69 Å². The smallest absolute Gasteiger partial charge is 0.356 e. The number of carbonyl (C=O) groups excluding carboxylic acids is 3. The molecule has 0 spiro atoms. The zero-order chi connectivity index (χ0) is 30.3. The molecule has 13 nitrogen and oxygen atoms in total. The Balaban J connectivity index is 1.87. The molecule has 41 heavy (non-hydrogen) atoms. The lowest BCUT2D eigenvalue weighted by molar-refractivity contribution is 0.0592. The van der Waals surface area contributed by atoms with E-state index in [1.54, 1.807) is 27.7 Å². The van der Waals surface area contributed by atoms with Crippen LogP contribution in [0.15, 0.2) is 36.4 Å². The minimum Gasteiger partial charge on any atom is -0.473 e. The van der Waals surface area contributed by atoms with E-state index in [0.717, 1.165) is 0 Å². The maximum atomic E-state index is 13.2. The molecule has 0 saturated carbocycles. The Hall–Kier alpha value is -4.94. The number of nitrogen functional groups attached to an aromatic ring is 1. The van der Waals surface area contributed by atoms with Crippen LogP contribution in [0.1, 0.15) is 73.0 Å². The maximum absolute atomic E-state index is 13.2. The molecular weight excluding hydrogens is 532 g/mol. The Bertz CT molecular complexity index is 1430. The highest BCUT2D eigenvalue weighted by molar-refractivity contribution is 6.06. The van der Waals surface area contributed by atoms with Crippen molar-refractivity contribution < 1.29 is 33.3 Å². The van der Waals surface area contributed by atoms with Crippen molar-refractivity contribution in [3.8, 4) is 17.6 Å². The molecule has 0 saturated heterocycles. The molecule has 0 bridgehead atoms. The molecule has 218 valence electrons. The fraction of sp³-hybridized carbons (Fsp3) is 0.357. The van der Waals surface area contributed by atoms with Crippen molar-refractivity contribution in [2.24, 2.45) is 0 Å². The number of methoxy groups -OCH3 is 1. The first-order valence-corrected chi connectivity index (χ1v) is 12.9. The number of amides is 2. The molecule has 2 amide bonds. The van der Waals surface area contributed by atoms with Crippen molar-refractivity contribution in [1.29, 1.82) is 0 Å². The molecule has 0 aromatic carbocycles. The molecule has 0 aliphatic carbocycles. The van der Waals surface area contributed by atoms with Gasteiger partial charge in [-0.15, -0.1) is 0 Å². The molecule has 0 radical (unpaired) electrons. The molecule has 3 aromatic rings. The van der Waals surface area contributed by atoms with Crippen molar-refractivity contribution in [2.45, 2.75) is 59.9 Å². The number of esters is 1. The summed E-state index contributed by atoms with van der Waals surface area (Å²) in [6, 6.07) is 8.78. The van der Waals surface area contributed by atoms with Crippen LogP contribution in [0.2, 0.25) is 0 Å². The molecule has 0 atom stereocenters. The van der Waals surface area contributed by atoms with Crippen LogP contribution in [0.3, 0.4) is 0 Å². The van der Waals surface area contributed by atoms with Crippen molar-refractivity contribution in [1.82, 2.24) is 15.0 Å². The molecule has 0 fully saturated rings. The van der Waals surface area contributed by atoms with Crippen LogP contribution in [-0.2, 0) is 4.74 Å². The average molecular weight is 567 g/mol. The van der Waals surface area contributed by atoms with Gasteiger partial charge < -0.3 is 35.3 Å². The maximum Gasteiger partial charge on any atom is 0.356 e. The van der Waals surface area contributed by atoms with Gasteiger partial charge in [-0.2, -0.15) is 0 Å². The van der Waals surface area contributed by atoms with E-state index >= 15 is 0 Å². The number of anilines is 3. The zero-order valence-electron chi connectivity index (χ0n) is 24.0. The van der Waals surface area contributed by atoms with Crippen molar-refractivity contribution in [3.63, 3.8) is 0 Å². The Labute approximate surface area is 237 Å². The lowest BCUT2D eigenvalue weighted by Gasteiger charge is -2.17. The van der Waals surface area contributed by atoms with Crippen LogP contribution < -0.4 is 30.6 Å². The van der Waals surface area contributed by atoms with Crippen molar-refractivity contribution in [3.05, 3.63) is 53.5 Å². The lowest BCUT2D eigenvalue weighted by Crippen LogP contribution is -2.20. The third-order valence-corrected chi connectivity index (χ3v) is 5.01. The Morgan fingerprint density at radius 1 is 0.634 bits per heavy atom. The molecular formula is C28H34N6O7. The summed E-state index contributed by atoms with van der Waals surface area (Å²) >= 11 is 0. The van der Waals surface area contributed by atoms with Gasteiger partial charge in [-0.25, -0.2) is 19.7 Å². The number of aromatic nitrogens is 3. The normalized spacial score (nSPS) is 10.9. The highest BCUT2D eigenvalue weighted by Gasteiger charge is 2.21. The second kappa shape index (κ2) is 13.4. The van der Waals surface area contributed by atoms with E-state index in [1.165, 1.54) is 43.5 Å². The Kier molecular flexibility index (Phi) is 10.0. The summed E-state index contributed by atoms with van der Waals surface area (Å²) in [6.45, 7) is 10.8. The number of nitrogens with two attached hydrogens (primary N) is 1. The average Bonchev–Trinajstić information content (AvgIpc) is 2.90. The first kappa shape index (κ1) is 30.6. The standard InChI is InChI=1S/C28H34N6O7/c1-14(2)39-25-17(29)8-9-18(32-25)23(35)30-20-11-10-19(33-26(20)40-15(3)4)24(36)31-21-12-13-22(28(37)38-7)34-27(21)41-16(5)6/h8-16H,29H2,1-7H3,(H,30,35)(H,31,36). The summed E-state index contributed by atoms with van der Waals surface area (Å²) in [5.74, 6) is -1.61. The molecule has 0 unspecified atom stereocenters. The Morgan fingerprint density at radius 2 is 1.02 bits per heavy atom. The summed E-state index contributed by atoms with van der Waals surface area (Å²) in [4.78, 5) is 50.8. The number of ether oxygens (including phenoxy) is 4. The monoisotopic (exact) mass is 566 g/mol. The summed E-state index contributed by atoms with van der Waals surface area (Å²) in [5, 5.41) is 5.40. The first-order valence-electron chi connectivity index (χ1n) is 12.9. The van der Waals surface area contributed by atoms with Crippen LogP contribution in [-0.4, -0.2) is 58.2 Å². The second-order valence-corrected chi connectivity index (χ2v) is 9.59.